The molecule has 1 heterocycles. The van der Waals surface area contributed by atoms with E-state index in [-0.39, 0.29) is 0 Å². The molecule has 0 saturated carbocycles. The summed E-state index contributed by atoms with van der Waals surface area (Å²) in [7, 11) is 0. The Morgan fingerprint density at radius 2 is 1.73 bits per heavy atom. The highest BCUT2D eigenvalue weighted by molar-refractivity contribution is 6.31. The van der Waals surface area contributed by atoms with Gasteiger partial charge >= 0.3 is 0 Å². The lowest BCUT2D eigenvalue weighted by atomic mass is 9.77. The van der Waals surface area contributed by atoms with Crippen LogP contribution < -0.4 is 4.74 Å². The average molecular weight is 437 g/mol. The van der Waals surface area contributed by atoms with Crippen molar-refractivity contribution in [1.29, 1.82) is 0 Å². The molecular formula is C23H29ClO6. The minimum Gasteiger partial charge on any atom is -0.494 e. The highest BCUT2D eigenvalue weighted by atomic mass is 35.5. The molecule has 1 saturated heterocycles. The van der Waals surface area contributed by atoms with Crippen molar-refractivity contribution in [1.82, 2.24) is 0 Å². The van der Waals surface area contributed by atoms with Crippen molar-refractivity contribution in [3.63, 3.8) is 0 Å². The number of hydrogen-bond donors (Lipinski definition) is 4. The summed E-state index contributed by atoms with van der Waals surface area (Å²) in [5.74, 6) is 0.798. The van der Waals surface area contributed by atoms with Gasteiger partial charge in [-0.15, -0.1) is 0 Å². The van der Waals surface area contributed by atoms with Crippen molar-refractivity contribution in [2.45, 2.75) is 56.7 Å². The summed E-state index contributed by atoms with van der Waals surface area (Å²) >= 11 is 6.44. The molecule has 1 fully saturated rings. The van der Waals surface area contributed by atoms with Gasteiger partial charge in [-0.3, -0.25) is 0 Å². The Kier molecular flexibility index (Phi) is 7.39. The molecule has 7 heteroatoms. The molecule has 6 nitrogen and oxygen atoms in total. The first-order chi connectivity index (χ1) is 14.4. The Morgan fingerprint density at radius 1 is 1.03 bits per heavy atom. The summed E-state index contributed by atoms with van der Waals surface area (Å²) in [6.45, 7) is 3.88. The largest absolute Gasteiger partial charge is 0.494 e. The van der Waals surface area contributed by atoms with Crippen LogP contribution in [0.2, 0.25) is 5.02 Å². The molecule has 0 radical (unpaired) electrons. The van der Waals surface area contributed by atoms with E-state index in [1.807, 2.05) is 44.2 Å². The maximum Gasteiger partial charge on any atom is 0.122 e. The van der Waals surface area contributed by atoms with E-state index in [4.69, 9.17) is 21.1 Å². The van der Waals surface area contributed by atoms with Crippen LogP contribution in [0.3, 0.4) is 0 Å². The van der Waals surface area contributed by atoms with Gasteiger partial charge in [0.15, 0.2) is 0 Å². The topological polar surface area (TPSA) is 99.4 Å². The highest BCUT2D eigenvalue weighted by Gasteiger charge is 2.53. The van der Waals surface area contributed by atoms with Gasteiger partial charge in [0.05, 0.1) is 13.2 Å². The Labute approximate surface area is 181 Å². The summed E-state index contributed by atoms with van der Waals surface area (Å²) in [6.07, 6.45) is -4.29. The minimum absolute atomic E-state index is 0.332. The molecule has 3 rings (SSSR count). The first-order valence-corrected chi connectivity index (χ1v) is 10.6. The van der Waals surface area contributed by atoms with Gasteiger partial charge < -0.3 is 29.9 Å². The fraction of sp³-hybridized carbons (Fsp3) is 0.478. The summed E-state index contributed by atoms with van der Waals surface area (Å²) in [5.41, 5.74) is 1.23. The van der Waals surface area contributed by atoms with Gasteiger partial charge in [-0.2, -0.15) is 0 Å². The fourth-order valence-corrected chi connectivity index (χ4v) is 4.22. The average Bonchev–Trinajstić information content (AvgIpc) is 2.76. The molecule has 2 aromatic rings. The van der Waals surface area contributed by atoms with Crippen molar-refractivity contribution in [3.8, 4) is 5.75 Å². The van der Waals surface area contributed by atoms with Crippen molar-refractivity contribution >= 4 is 11.6 Å². The van der Waals surface area contributed by atoms with Crippen LogP contribution in [0.25, 0.3) is 0 Å². The second-order valence-electron chi connectivity index (χ2n) is 7.57. The van der Waals surface area contributed by atoms with E-state index in [2.05, 4.69) is 0 Å². The molecule has 4 N–H and O–H groups in total. The number of rotatable bonds is 7. The third-order valence-corrected chi connectivity index (χ3v) is 6.13. The molecule has 1 aliphatic heterocycles. The summed E-state index contributed by atoms with van der Waals surface area (Å²) < 4.78 is 11.4. The van der Waals surface area contributed by atoms with Crippen LogP contribution in [-0.2, 0) is 16.8 Å². The number of ether oxygens (including phenoxy) is 2. The van der Waals surface area contributed by atoms with Gasteiger partial charge in [-0.05, 0) is 54.7 Å². The van der Waals surface area contributed by atoms with Gasteiger partial charge in [-0.1, -0.05) is 42.8 Å². The lowest BCUT2D eigenvalue weighted by Crippen LogP contribution is -2.63. The predicted octanol–water partition coefficient (Wildman–Crippen LogP) is 2.41. The van der Waals surface area contributed by atoms with E-state index in [0.29, 0.717) is 30.0 Å². The third-order valence-electron chi connectivity index (χ3n) is 5.76. The van der Waals surface area contributed by atoms with E-state index in [0.717, 1.165) is 16.9 Å². The Hall–Kier alpha value is -1.67. The normalized spacial score (nSPS) is 29.0. The number of halogens is 1. The zero-order chi connectivity index (χ0) is 21.9. The number of aliphatic hydroxyl groups excluding tert-OH is 4. The van der Waals surface area contributed by atoms with E-state index in [1.165, 1.54) is 0 Å². The van der Waals surface area contributed by atoms with Crippen LogP contribution in [0, 0.1) is 0 Å². The molecule has 5 atom stereocenters. The van der Waals surface area contributed by atoms with Gasteiger partial charge in [0.2, 0.25) is 0 Å². The van der Waals surface area contributed by atoms with E-state index >= 15 is 0 Å². The zero-order valence-corrected chi connectivity index (χ0v) is 17.9. The molecule has 2 aromatic carbocycles. The van der Waals surface area contributed by atoms with Gasteiger partial charge in [0, 0.05) is 5.02 Å². The summed E-state index contributed by atoms with van der Waals surface area (Å²) in [5, 5.41) is 41.4. The second kappa shape index (κ2) is 9.64. The van der Waals surface area contributed by atoms with Crippen LogP contribution in [-0.4, -0.2) is 58.1 Å². The summed E-state index contributed by atoms with van der Waals surface area (Å²) in [6, 6.07) is 13.1. The lowest BCUT2D eigenvalue weighted by Gasteiger charge is -2.48. The maximum atomic E-state index is 10.8. The first-order valence-electron chi connectivity index (χ1n) is 10.2. The Morgan fingerprint density at radius 3 is 2.33 bits per heavy atom. The van der Waals surface area contributed by atoms with Crippen LogP contribution in [0.15, 0.2) is 42.5 Å². The minimum atomic E-state index is -1.44. The van der Waals surface area contributed by atoms with Crippen LogP contribution in [0.5, 0.6) is 5.75 Å². The molecule has 0 bridgehead atoms. The SMILES string of the molecule is CCOc1ccc(Cc2cc(C3(CC)OC(CO)C(O)C(O)C3O)ccc2Cl)cc1. The number of benzene rings is 2. The van der Waals surface area contributed by atoms with Gasteiger partial charge in [0.25, 0.3) is 0 Å². The molecule has 164 valence electrons. The smallest absolute Gasteiger partial charge is 0.122 e. The number of hydrogen-bond acceptors (Lipinski definition) is 6. The second-order valence-corrected chi connectivity index (χ2v) is 7.98. The van der Waals surface area contributed by atoms with Crippen molar-refractivity contribution in [2.75, 3.05) is 13.2 Å². The highest BCUT2D eigenvalue weighted by Crippen LogP contribution is 2.42. The molecule has 0 spiro atoms. The van der Waals surface area contributed by atoms with Gasteiger partial charge in [-0.25, -0.2) is 0 Å². The molecule has 0 aromatic heterocycles. The molecule has 0 amide bonds. The number of aliphatic hydroxyl groups is 4. The molecule has 5 unspecified atom stereocenters. The van der Waals surface area contributed by atoms with Crippen molar-refractivity contribution < 1.29 is 29.9 Å². The molecular weight excluding hydrogens is 408 g/mol. The standard InChI is InChI=1S/C23H29ClO6/c1-3-23(22(28)21(27)20(26)19(13-25)30-23)16-7-10-18(24)15(12-16)11-14-5-8-17(9-6-14)29-4-2/h5-10,12,19-22,25-28H,3-4,11,13H2,1-2H3. The van der Waals surface area contributed by atoms with Crippen molar-refractivity contribution in [2.24, 2.45) is 0 Å². The quantitative estimate of drug-likeness (QED) is 0.532. The van der Waals surface area contributed by atoms with E-state index in [1.54, 1.807) is 12.1 Å². The molecule has 0 aliphatic carbocycles. The lowest BCUT2D eigenvalue weighted by molar-refractivity contribution is -0.280. The first kappa shape index (κ1) is 23.0. The predicted molar refractivity (Wildman–Crippen MR) is 114 cm³/mol. The Bertz CT molecular complexity index is 840. The van der Waals surface area contributed by atoms with Crippen LogP contribution >= 0.6 is 11.6 Å². The molecule has 30 heavy (non-hydrogen) atoms. The zero-order valence-electron chi connectivity index (χ0n) is 17.2. The summed E-state index contributed by atoms with van der Waals surface area (Å²) in [4.78, 5) is 0. The van der Waals surface area contributed by atoms with E-state index < -0.39 is 36.6 Å². The van der Waals surface area contributed by atoms with Gasteiger partial charge in [0.1, 0.15) is 35.8 Å². The maximum absolute atomic E-state index is 10.8. The van der Waals surface area contributed by atoms with Crippen LogP contribution in [0.4, 0.5) is 0 Å². The van der Waals surface area contributed by atoms with E-state index in [9.17, 15) is 20.4 Å². The molecule has 1 aliphatic rings. The fourth-order valence-electron chi connectivity index (χ4n) is 4.04. The van der Waals surface area contributed by atoms with Crippen LogP contribution in [0.1, 0.15) is 37.0 Å². The van der Waals surface area contributed by atoms with Crippen molar-refractivity contribution in [3.05, 3.63) is 64.2 Å². The monoisotopic (exact) mass is 436 g/mol. The third kappa shape index (κ3) is 4.35. The Balaban J connectivity index is 1.94.